The van der Waals surface area contributed by atoms with Gasteiger partial charge in [-0.1, -0.05) is 56.3 Å². The summed E-state index contributed by atoms with van der Waals surface area (Å²) in [5.74, 6) is -0.335. The summed E-state index contributed by atoms with van der Waals surface area (Å²) in [5.41, 5.74) is 1.99. The molecule has 0 unspecified atom stereocenters. The van der Waals surface area contributed by atoms with Crippen LogP contribution in [0.25, 0.3) is 11.1 Å². The van der Waals surface area contributed by atoms with Crippen molar-refractivity contribution < 1.29 is 26.4 Å². The second kappa shape index (κ2) is 9.85. The van der Waals surface area contributed by atoms with E-state index >= 15 is 0 Å². The van der Waals surface area contributed by atoms with Crippen LogP contribution in [0.3, 0.4) is 0 Å². The Kier molecular flexibility index (Phi) is 7.31. The molecule has 0 saturated carbocycles. The van der Waals surface area contributed by atoms with Crippen LogP contribution in [-0.2, 0) is 20.8 Å². The fourth-order valence-corrected chi connectivity index (χ4v) is 4.28. The van der Waals surface area contributed by atoms with Gasteiger partial charge in [0, 0.05) is 11.9 Å². The molecule has 8 heteroatoms. The van der Waals surface area contributed by atoms with E-state index in [4.69, 9.17) is 0 Å². The monoisotopic (exact) mass is 487 g/mol. The van der Waals surface area contributed by atoms with E-state index in [0.717, 1.165) is 18.4 Å². The Bertz CT molecular complexity index is 1300. The van der Waals surface area contributed by atoms with E-state index in [0.29, 0.717) is 28.0 Å². The maximum Gasteiger partial charge on any atom is 0.416 e. The lowest BCUT2D eigenvalue weighted by atomic mass is 9.97. The fraction of sp³-hybridized carbons (Fsp3) is 0.192. The normalized spacial score (nSPS) is 14.2. The Morgan fingerprint density at radius 3 is 1.85 bits per heavy atom. The third kappa shape index (κ3) is 5.22. The third-order valence-corrected chi connectivity index (χ3v) is 6.41. The minimum Gasteiger partial charge on any atom is -0.304 e. The number of benzene rings is 3. The molecule has 0 bridgehead atoms. The lowest BCUT2D eigenvalue weighted by Crippen LogP contribution is -2.26. The average Bonchev–Trinajstić information content (AvgIpc) is 3.17. The summed E-state index contributed by atoms with van der Waals surface area (Å²) in [4.78, 5) is 14.9. The van der Waals surface area contributed by atoms with Crippen molar-refractivity contribution in [3.05, 3.63) is 95.6 Å². The molecule has 178 valence electrons. The maximum absolute atomic E-state index is 13.3. The number of alkyl halides is 3. The highest BCUT2D eigenvalue weighted by molar-refractivity contribution is 7.90. The van der Waals surface area contributed by atoms with Gasteiger partial charge >= 0.3 is 6.18 Å². The van der Waals surface area contributed by atoms with Crippen molar-refractivity contribution in [3.63, 3.8) is 0 Å². The molecular formula is C26H24F3NO3S. The number of hydrogen-bond donors (Lipinski definition) is 0. The molecule has 0 radical (unpaired) electrons. The van der Waals surface area contributed by atoms with Crippen LogP contribution >= 0.6 is 0 Å². The SMILES string of the molecule is CC.CS(=O)(=O)c1ccc(C2=C(c3ccccc3)C(=O)N(c3ccc(C(F)(F)F)cc3)C2)cc1. The molecule has 0 N–H and O–H groups in total. The first-order valence-electron chi connectivity index (χ1n) is 10.6. The van der Waals surface area contributed by atoms with Crippen LogP contribution < -0.4 is 4.90 Å². The Labute approximate surface area is 197 Å². The minimum atomic E-state index is -4.46. The first-order chi connectivity index (χ1) is 16.1. The van der Waals surface area contributed by atoms with Crippen LogP contribution in [0.15, 0.2) is 83.8 Å². The molecule has 1 aliphatic heterocycles. The van der Waals surface area contributed by atoms with Crippen LogP contribution in [0.2, 0.25) is 0 Å². The van der Waals surface area contributed by atoms with E-state index in [1.165, 1.54) is 29.2 Å². The lowest BCUT2D eigenvalue weighted by Gasteiger charge is -2.18. The maximum atomic E-state index is 13.3. The Morgan fingerprint density at radius 2 is 1.35 bits per heavy atom. The van der Waals surface area contributed by atoms with Crippen molar-refractivity contribution in [2.45, 2.75) is 24.9 Å². The van der Waals surface area contributed by atoms with Gasteiger partial charge in [-0.2, -0.15) is 13.2 Å². The van der Waals surface area contributed by atoms with Gasteiger partial charge in [-0.25, -0.2) is 8.42 Å². The number of nitrogens with zero attached hydrogens (tertiary/aromatic N) is 1. The van der Waals surface area contributed by atoms with Gasteiger partial charge in [0.25, 0.3) is 5.91 Å². The number of sulfone groups is 1. The van der Waals surface area contributed by atoms with E-state index < -0.39 is 21.6 Å². The summed E-state index contributed by atoms with van der Waals surface area (Å²) in [6.45, 7) is 4.15. The van der Waals surface area contributed by atoms with Crippen molar-refractivity contribution in [3.8, 4) is 0 Å². The molecule has 1 amide bonds. The summed E-state index contributed by atoms with van der Waals surface area (Å²) in [7, 11) is -3.37. The van der Waals surface area contributed by atoms with Gasteiger partial charge in [-0.05, 0) is 53.1 Å². The van der Waals surface area contributed by atoms with Gasteiger partial charge in [-0.15, -0.1) is 0 Å². The predicted molar refractivity (Wildman–Crippen MR) is 128 cm³/mol. The van der Waals surface area contributed by atoms with E-state index in [1.54, 1.807) is 36.4 Å². The lowest BCUT2D eigenvalue weighted by molar-refractivity contribution is -0.137. The highest BCUT2D eigenvalue weighted by atomic mass is 32.2. The predicted octanol–water partition coefficient (Wildman–Crippen LogP) is 6.09. The molecule has 0 aromatic heterocycles. The summed E-state index contributed by atoms with van der Waals surface area (Å²) in [6, 6.07) is 19.7. The van der Waals surface area contributed by atoms with Crippen LogP contribution in [-0.4, -0.2) is 27.1 Å². The van der Waals surface area contributed by atoms with Crippen LogP contribution in [0.5, 0.6) is 0 Å². The molecule has 4 rings (SSSR count). The van der Waals surface area contributed by atoms with E-state index in [-0.39, 0.29) is 17.3 Å². The van der Waals surface area contributed by atoms with Crippen LogP contribution in [0.4, 0.5) is 18.9 Å². The average molecular weight is 488 g/mol. The molecule has 0 spiro atoms. The number of rotatable bonds is 4. The molecule has 1 heterocycles. The topological polar surface area (TPSA) is 54.5 Å². The number of hydrogen-bond acceptors (Lipinski definition) is 3. The van der Waals surface area contributed by atoms with Crippen molar-refractivity contribution in [1.29, 1.82) is 0 Å². The smallest absolute Gasteiger partial charge is 0.304 e. The second-order valence-electron chi connectivity index (χ2n) is 7.45. The van der Waals surface area contributed by atoms with Gasteiger partial charge in [0.15, 0.2) is 9.84 Å². The second-order valence-corrected chi connectivity index (χ2v) is 9.47. The third-order valence-electron chi connectivity index (χ3n) is 5.28. The molecule has 4 nitrogen and oxygen atoms in total. The molecule has 0 atom stereocenters. The Morgan fingerprint density at radius 1 is 0.794 bits per heavy atom. The van der Waals surface area contributed by atoms with Crippen molar-refractivity contribution >= 4 is 32.6 Å². The standard InChI is InChI=1S/C24H18F3NO3S.C2H6/c1-32(30,31)20-13-7-16(8-14-20)21-15-28(19-11-9-18(10-12-19)24(25,26)27)23(29)22(21)17-5-3-2-4-6-17;1-2/h2-14H,15H2,1H3;1-2H3. The Hall–Kier alpha value is -3.39. The van der Waals surface area contributed by atoms with Crippen LogP contribution in [0.1, 0.15) is 30.5 Å². The van der Waals surface area contributed by atoms with E-state index in [9.17, 15) is 26.4 Å². The highest BCUT2D eigenvalue weighted by Gasteiger charge is 2.34. The van der Waals surface area contributed by atoms with Gasteiger partial charge in [0.1, 0.15) is 0 Å². The van der Waals surface area contributed by atoms with Gasteiger partial charge in [0.05, 0.1) is 22.6 Å². The molecule has 0 aliphatic carbocycles. The zero-order chi connectivity index (χ0) is 25.1. The van der Waals surface area contributed by atoms with Gasteiger partial charge in [-0.3, -0.25) is 4.79 Å². The van der Waals surface area contributed by atoms with Gasteiger partial charge in [0.2, 0.25) is 0 Å². The number of carbonyl (C=O) groups is 1. The molecule has 3 aromatic carbocycles. The quantitative estimate of drug-likeness (QED) is 0.447. The summed E-state index contributed by atoms with van der Waals surface area (Å²) >= 11 is 0. The molecule has 1 aliphatic rings. The zero-order valence-corrected chi connectivity index (χ0v) is 19.7. The number of anilines is 1. The minimum absolute atomic E-state index is 0.145. The van der Waals surface area contributed by atoms with Gasteiger partial charge < -0.3 is 4.90 Å². The summed E-state index contributed by atoms with van der Waals surface area (Å²) in [5, 5.41) is 0. The van der Waals surface area contributed by atoms with E-state index in [2.05, 4.69) is 0 Å². The highest BCUT2D eigenvalue weighted by Crippen LogP contribution is 2.38. The first kappa shape index (κ1) is 25.2. The summed E-state index contributed by atoms with van der Waals surface area (Å²) in [6.07, 6.45) is -3.35. The molecule has 3 aromatic rings. The number of carbonyl (C=O) groups excluding carboxylic acids is 1. The first-order valence-corrected chi connectivity index (χ1v) is 12.5. The van der Waals surface area contributed by atoms with Crippen molar-refractivity contribution in [1.82, 2.24) is 0 Å². The molecule has 34 heavy (non-hydrogen) atoms. The summed E-state index contributed by atoms with van der Waals surface area (Å²) < 4.78 is 62.3. The van der Waals surface area contributed by atoms with E-state index in [1.807, 2.05) is 19.9 Å². The van der Waals surface area contributed by atoms with Crippen molar-refractivity contribution in [2.75, 3.05) is 17.7 Å². The zero-order valence-electron chi connectivity index (χ0n) is 18.9. The van der Waals surface area contributed by atoms with Crippen LogP contribution in [0, 0.1) is 0 Å². The molecule has 0 saturated heterocycles. The van der Waals surface area contributed by atoms with Crippen molar-refractivity contribution in [2.24, 2.45) is 0 Å². The Balaban J connectivity index is 0.00000158. The fourth-order valence-electron chi connectivity index (χ4n) is 3.65. The number of amides is 1. The largest absolute Gasteiger partial charge is 0.416 e. The molecular weight excluding hydrogens is 463 g/mol. The molecule has 0 fully saturated rings. The number of halogens is 3.